The van der Waals surface area contributed by atoms with E-state index in [1.165, 1.54) is 25.9 Å². The van der Waals surface area contributed by atoms with Gasteiger partial charge in [0, 0.05) is 18.1 Å². The maximum atomic E-state index is 5.81. The van der Waals surface area contributed by atoms with Crippen LogP contribution in [0.2, 0.25) is 0 Å². The highest BCUT2D eigenvalue weighted by Gasteiger charge is 2.19. The van der Waals surface area contributed by atoms with Gasteiger partial charge in [0.2, 0.25) is 0 Å². The quantitative estimate of drug-likeness (QED) is 0.757. The number of hydrogen-bond acceptors (Lipinski definition) is 2. The van der Waals surface area contributed by atoms with Crippen molar-refractivity contribution in [2.75, 3.05) is 32.7 Å². The summed E-state index contributed by atoms with van der Waals surface area (Å²) < 4.78 is 0. The molecule has 0 aromatic heterocycles. The van der Waals surface area contributed by atoms with Crippen molar-refractivity contribution in [3.63, 3.8) is 0 Å². The zero-order valence-corrected chi connectivity index (χ0v) is 9.82. The van der Waals surface area contributed by atoms with Gasteiger partial charge in [-0.2, -0.15) is 0 Å². The second-order valence-corrected chi connectivity index (χ2v) is 4.60. The van der Waals surface area contributed by atoms with Crippen LogP contribution in [0.25, 0.3) is 0 Å². The van der Waals surface area contributed by atoms with Crippen LogP contribution in [-0.2, 0) is 0 Å². The second-order valence-electron chi connectivity index (χ2n) is 4.07. The minimum atomic E-state index is 0.758. The molecule has 0 aromatic rings. The molecule has 1 unspecified atom stereocenters. The van der Waals surface area contributed by atoms with Crippen molar-refractivity contribution in [2.24, 2.45) is 5.92 Å². The molecule has 2 nitrogen and oxygen atoms in total. The summed E-state index contributed by atoms with van der Waals surface area (Å²) >= 11 is 5.81. The van der Waals surface area contributed by atoms with E-state index in [4.69, 9.17) is 11.6 Å². The smallest absolute Gasteiger partial charge is 0.0335 e. The Morgan fingerprint density at radius 2 is 2.43 bits per heavy atom. The van der Waals surface area contributed by atoms with Crippen LogP contribution < -0.4 is 5.32 Å². The Bertz CT molecular complexity index is 182. The molecule has 0 saturated carbocycles. The molecule has 1 aliphatic heterocycles. The summed E-state index contributed by atoms with van der Waals surface area (Å²) in [7, 11) is 0. The topological polar surface area (TPSA) is 15.3 Å². The molecule has 3 heteroatoms. The molecular weight excluding hydrogens is 196 g/mol. The Kier molecular flexibility index (Phi) is 5.53. The van der Waals surface area contributed by atoms with Gasteiger partial charge in [0.1, 0.15) is 0 Å². The summed E-state index contributed by atoms with van der Waals surface area (Å²) in [5, 5.41) is 4.17. The molecular formula is C11H21ClN2. The SMILES string of the molecule is C=C(Cl)CN1CCCC(CNCC)C1. The first-order chi connectivity index (χ1) is 6.72. The zero-order chi connectivity index (χ0) is 10.4. The van der Waals surface area contributed by atoms with Gasteiger partial charge in [0.15, 0.2) is 0 Å². The van der Waals surface area contributed by atoms with Crippen LogP contribution in [0.5, 0.6) is 0 Å². The Morgan fingerprint density at radius 3 is 3.07 bits per heavy atom. The molecule has 1 saturated heterocycles. The Hall–Kier alpha value is -0.0500. The Morgan fingerprint density at radius 1 is 1.64 bits per heavy atom. The lowest BCUT2D eigenvalue weighted by Gasteiger charge is -2.32. The summed E-state index contributed by atoms with van der Waals surface area (Å²) in [4.78, 5) is 2.40. The van der Waals surface area contributed by atoms with Crippen molar-refractivity contribution < 1.29 is 0 Å². The molecule has 1 aliphatic rings. The van der Waals surface area contributed by atoms with Gasteiger partial charge in [0.05, 0.1) is 0 Å². The second kappa shape index (κ2) is 6.44. The predicted molar refractivity (Wildman–Crippen MR) is 62.7 cm³/mol. The molecule has 0 aromatic carbocycles. The molecule has 0 bridgehead atoms. The average molecular weight is 217 g/mol. The standard InChI is InChI=1S/C11H21ClN2/c1-3-13-7-11-5-4-6-14(9-11)8-10(2)12/h11,13H,2-9H2,1H3. The van der Waals surface area contributed by atoms with Crippen molar-refractivity contribution >= 4 is 11.6 Å². The fraction of sp³-hybridized carbons (Fsp3) is 0.818. The van der Waals surface area contributed by atoms with E-state index < -0.39 is 0 Å². The molecule has 82 valence electrons. The third kappa shape index (κ3) is 4.45. The van der Waals surface area contributed by atoms with Crippen LogP contribution >= 0.6 is 11.6 Å². The molecule has 0 spiro atoms. The van der Waals surface area contributed by atoms with Gasteiger partial charge in [-0.3, -0.25) is 4.90 Å². The lowest BCUT2D eigenvalue weighted by molar-refractivity contribution is 0.187. The van der Waals surface area contributed by atoms with Crippen molar-refractivity contribution in [3.8, 4) is 0 Å². The van der Waals surface area contributed by atoms with Gasteiger partial charge in [-0.15, -0.1) is 0 Å². The van der Waals surface area contributed by atoms with Crippen LogP contribution in [0, 0.1) is 5.92 Å². The van der Waals surface area contributed by atoms with E-state index in [9.17, 15) is 0 Å². The van der Waals surface area contributed by atoms with Gasteiger partial charge in [-0.1, -0.05) is 25.1 Å². The molecule has 1 rings (SSSR count). The first kappa shape index (κ1) is 12.0. The Labute approximate surface area is 92.3 Å². The first-order valence-corrected chi connectivity index (χ1v) is 5.86. The molecule has 14 heavy (non-hydrogen) atoms. The lowest BCUT2D eigenvalue weighted by atomic mass is 9.98. The largest absolute Gasteiger partial charge is 0.317 e. The van der Waals surface area contributed by atoms with Gasteiger partial charge in [-0.05, 0) is 38.4 Å². The maximum absolute atomic E-state index is 5.81. The highest BCUT2D eigenvalue weighted by molar-refractivity contribution is 6.29. The minimum absolute atomic E-state index is 0.758. The van der Waals surface area contributed by atoms with E-state index in [-0.39, 0.29) is 0 Å². The van der Waals surface area contributed by atoms with E-state index >= 15 is 0 Å². The van der Waals surface area contributed by atoms with Gasteiger partial charge in [0.25, 0.3) is 0 Å². The number of halogens is 1. The van der Waals surface area contributed by atoms with Gasteiger partial charge < -0.3 is 5.32 Å². The van der Waals surface area contributed by atoms with Crippen LogP contribution in [0.4, 0.5) is 0 Å². The summed E-state index contributed by atoms with van der Waals surface area (Å²) in [6.07, 6.45) is 2.64. The molecule has 1 fully saturated rings. The maximum Gasteiger partial charge on any atom is 0.0335 e. The molecule has 1 N–H and O–H groups in total. The van der Waals surface area contributed by atoms with Crippen molar-refractivity contribution in [2.45, 2.75) is 19.8 Å². The highest BCUT2D eigenvalue weighted by Crippen LogP contribution is 2.17. The van der Waals surface area contributed by atoms with E-state index in [1.54, 1.807) is 0 Å². The first-order valence-electron chi connectivity index (χ1n) is 5.48. The van der Waals surface area contributed by atoms with Gasteiger partial charge >= 0.3 is 0 Å². The number of likely N-dealkylation sites (tertiary alicyclic amines) is 1. The minimum Gasteiger partial charge on any atom is -0.317 e. The molecule has 0 radical (unpaired) electrons. The van der Waals surface area contributed by atoms with E-state index in [1.807, 2.05) is 0 Å². The Balaban J connectivity index is 2.24. The normalized spacial score (nSPS) is 23.7. The van der Waals surface area contributed by atoms with Crippen molar-refractivity contribution in [1.82, 2.24) is 10.2 Å². The monoisotopic (exact) mass is 216 g/mol. The molecule has 1 atom stereocenters. The summed E-state index contributed by atoms with van der Waals surface area (Å²) in [5.74, 6) is 0.791. The number of nitrogens with one attached hydrogen (secondary N) is 1. The molecule has 1 heterocycles. The van der Waals surface area contributed by atoms with Crippen molar-refractivity contribution in [3.05, 3.63) is 11.6 Å². The summed E-state index contributed by atoms with van der Waals surface area (Å²) in [5.41, 5.74) is 0. The fourth-order valence-corrected chi connectivity index (χ4v) is 2.22. The van der Waals surface area contributed by atoms with E-state index in [0.29, 0.717) is 0 Å². The zero-order valence-electron chi connectivity index (χ0n) is 9.06. The predicted octanol–water partition coefficient (Wildman–Crippen LogP) is 2.06. The molecule has 0 aliphatic carbocycles. The van der Waals surface area contributed by atoms with Crippen LogP contribution in [0.15, 0.2) is 11.6 Å². The molecule has 0 amide bonds. The lowest BCUT2D eigenvalue weighted by Crippen LogP contribution is -2.40. The fourth-order valence-electron chi connectivity index (χ4n) is 2.05. The van der Waals surface area contributed by atoms with Crippen LogP contribution in [-0.4, -0.2) is 37.6 Å². The van der Waals surface area contributed by atoms with E-state index in [2.05, 4.69) is 23.7 Å². The van der Waals surface area contributed by atoms with Crippen LogP contribution in [0.1, 0.15) is 19.8 Å². The third-order valence-electron chi connectivity index (χ3n) is 2.68. The number of hydrogen-bond donors (Lipinski definition) is 1. The average Bonchev–Trinajstić information content (AvgIpc) is 2.14. The van der Waals surface area contributed by atoms with Crippen LogP contribution in [0.3, 0.4) is 0 Å². The van der Waals surface area contributed by atoms with Gasteiger partial charge in [-0.25, -0.2) is 0 Å². The van der Waals surface area contributed by atoms with Crippen molar-refractivity contribution in [1.29, 1.82) is 0 Å². The number of nitrogens with zero attached hydrogens (tertiary/aromatic N) is 1. The summed E-state index contributed by atoms with van der Waals surface area (Å²) in [6.45, 7) is 11.3. The summed E-state index contributed by atoms with van der Waals surface area (Å²) in [6, 6.07) is 0. The van der Waals surface area contributed by atoms with E-state index in [0.717, 1.165) is 30.6 Å². The third-order valence-corrected chi connectivity index (χ3v) is 2.80. The highest BCUT2D eigenvalue weighted by atomic mass is 35.5. The number of piperidine rings is 1. The number of rotatable bonds is 5.